The Hall–Kier alpha value is -2.26. The van der Waals surface area contributed by atoms with Crippen LogP contribution in [0.3, 0.4) is 0 Å². The molecule has 3 aromatic rings. The van der Waals surface area contributed by atoms with E-state index in [1.54, 1.807) is 42.5 Å². The number of rotatable bonds is 4. The molecular formula is C13H10BrN5O2S. The van der Waals surface area contributed by atoms with Gasteiger partial charge in [0.1, 0.15) is 4.90 Å². The quantitative estimate of drug-likeness (QED) is 0.724. The van der Waals surface area contributed by atoms with Gasteiger partial charge in [0.05, 0.1) is 0 Å². The SMILES string of the molecule is O=S(=O)(Nc1cccc(-c2nn[nH]n2)c1)c1ccccc1Br. The Morgan fingerprint density at radius 1 is 1.09 bits per heavy atom. The van der Waals surface area contributed by atoms with Crippen LogP contribution in [-0.4, -0.2) is 29.0 Å². The lowest BCUT2D eigenvalue weighted by atomic mass is 10.2. The van der Waals surface area contributed by atoms with E-state index in [1.165, 1.54) is 6.07 Å². The molecule has 2 aromatic carbocycles. The first-order chi connectivity index (χ1) is 10.6. The molecule has 0 aliphatic carbocycles. The van der Waals surface area contributed by atoms with E-state index in [1.807, 2.05) is 0 Å². The van der Waals surface area contributed by atoms with Gasteiger partial charge in [-0.2, -0.15) is 5.21 Å². The fraction of sp³-hybridized carbons (Fsp3) is 0. The standard InChI is InChI=1S/C13H10BrN5O2S/c14-11-6-1-2-7-12(11)22(20,21)17-10-5-3-4-9(8-10)13-15-18-19-16-13/h1-8,17H,(H,15,16,18,19). The Bertz CT molecular complexity index is 896. The first-order valence-corrected chi connectivity index (χ1v) is 8.45. The van der Waals surface area contributed by atoms with E-state index in [2.05, 4.69) is 41.3 Å². The van der Waals surface area contributed by atoms with Crippen LogP contribution in [0.5, 0.6) is 0 Å². The number of tetrazole rings is 1. The van der Waals surface area contributed by atoms with Crippen LogP contribution in [0.1, 0.15) is 0 Å². The number of anilines is 1. The summed E-state index contributed by atoms with van der Waals surface area (Å²) >= 11 is 3.24. The zero-order chi connectivity index (χ0) is 15.6. The molecule has 0 saturated carbocycles. The third kappa shape index (κ3) is 3.00. The van der Waals surface area contributed by atoms with E-state index in [9.17, 15) is 8.42 Å². The van der Waals surface area contributed by atoms with E-state index in [0.717, 1.165) is 0 Å². The Morgan fingerprint density at radius 2 is 1.91 bits per heavy atom. The Kier molecular flexibility index (Phi) is 3.90. The summed E-state index contributed by atoms with van der Waals surface area (Å²) in [5.74, 6) is 0.391. The molecule has 0 fully saturated rings. The summed E-state index contributed by atoms with van der Waals surface area (Å²) in [6, 6.07) is 13.4. The molecule has 0 atom stereocenters. The number of hydrogen-bond donors (Lipinski definition) is 2. The molecule has 0 radical (unpaired) electrons. The lowest BCUT2D eigenvalue weighted by molar-refractivity contribution is 0.601. The topological polar surface area (TPSA) is 101 Å². The predicted octanol–water partition coefficient (Wildman–Crippen LogP) is 2.43. The number of H-pyrrole nitrogens is 1. The van der Waals surface area contributed by atoms with Crippen LogP contribution in [0, 0.1) is 0 Å². The summed E-state index contributed by atoms with van der Waals surface area (Å²) < 4.78 is 27.9. The third-order valence-electron chi connectivity index (χ3n) is 2.84. The molecule has 1 heterocycles. The van der Waals surface area contributed by atoms with E-state index in [0.29, 0.717) is 21.5 Å². The summed E-state index contributed by atoms with van der Waals surface area (Å²) in [4.78, 5) is 0.167. The highest BCUT2D eigenvalue weighted by molar-refractivity contribution is 9.10. The van der Waals surface area contributed by atoms with Crippen LogP contribution in [0.2, 0.25) is 0 Å². The molecule has 3 rings (SSSR count). The molecule has 0 aliphatic rings. The van der Waals surface area contributed by atoms with Crippen LogP contribution in [0.15, 0.2) is 57.9 Å². The van der Waals surface area contributed by atoms with Crippen molar-refractivity contribution < 1.29 is 8.42 Å². The number of sulfonamides is 1. The van der Waals surface area contributed by atoms with E-state index in [4.69, 9.17) is 0 Å². The first-order valence-electron chi connectivity index (χ1n) is 6.17. The van der Waals surface area contributed by atoms with Gasteiger partial charge in [-0.25, -0.2) is 8.42 Å². The third-order valence-corrected chi connectivity index (χ3v) is 5.24. The summed E-state index contributed by atoms with van der Waals surface area (Å²) in [6.45, 7) is 0. The van der Waals surface area contributed by atoms with Crippen molar-refractivity contribution in [3.8, 4) is 11.4 Å². The van der Waals surface area contributed by atoms with Crippen LogP contribution >= 0.6 is 15.9 Å². The van der Waals surface area contributed by atoms with Crippen molar-refractivity contribution in [3.63, 3.8) is 0 Å². The molecule has 0 bridgehead atoms. The van der Waals surface area contributed by atoms with Gasteiger partial charge in [-0.15, -0.1) is 10.2 Å². The fourth-order valence-electron chi connectivity index (χ4n) is 1.88. The number of aromatic amines is 1. The minimum absolute atomic E-state index is 0.167. The Morgan fingerprint density at radius 3 is 2.64 bits per heavy atom. The fourth-order valence-corrected chi connectivity index (χ4v) is 3.93. The van der Waals surface area contributed by atoms with Gasteiger partial charge in [-0.05, 0) is 45.4 Å². The molecule has 1 aromatic heterocycles. The van der Waals surface area contributed by atoms with Crippen molar-refractivity contribution in [2.45, 2.75) is 4.90 Å². The summed E-state index contributed by atoms with van der Waals surface area (Å²) in [5.41, 5.74) is 1.07. The zero-order valence-corrected chi connectivity index (χ0v) is 13.5. The molecule has 0 spiro atoms. The number of nitrogens with zero attached hydrogens (tertiary/aromatic N) is 3. The van der Waals surface area contributed by atoms with Gasteiger partial charge >= 0.3 is 0 Å². The van der Waals surface area contributed by atoms with E-state index in [-0.39, 0.29) is 4.90 Å². The maximum absolute atomic E-state index is 12.4. The average Bonchev–Trinajstić information content (AvgIpc) is 3.01. The largest absolute Gasteiger partial charge is 0.280 e. The van der Waals surface area contributed by atoms with Crippen LogP contribution in [0.25, 0.3) is 11.4 Å². The van der Waals surface area contributed by atoms with Crippen molar-refractivity contribution >= 4 is 31.6 Å². The van der Waals surface area contributed by atoms with Gasteiger partial charge < -0.3 is 0 Å². The monoisotopic (exact) mass is 379 g/mol. The first kappa shape index (κ1) is 14.7. The van der Waals surface area contributed by atoms with Gasteiger partial charge in [0.15, 0.2) is 0 Å². The van der Waals surface area contributed by atoms with Gasteiger partial charge in [0, 0.05) is 15.7 Å². The normalized spacial score (nSPS) is 11.3. The van der Waals surface area contributed by atoms with Gasteiger partial charge in [0.25, 0.3) is 10.0 Å². The predicted molar refractivity (Wildman–Crippen MR) is 84.6 cm³/mol. The van der Waals surface area contributed by atoms with Crippen LogP contribution in [0.4, 0.5) is 5.69 Å². The van der Waals surface area contributed by atoms with Crippen LogP contribution < -0.4 is 4.72 Å². The lowest BCUT2D eigenvalue weighted by Crippen LogP contribution is -2.13. The van der Waals surface area contributed by atoms with Gasteiger partial charge in [-0.3, -0.25) is 4.72 Å². The number of nitrogens with one attached hydrogen (secondary N) is 2. The Labute approximate surface area is 134 Å². The summed E-state index contributed by atoms with van der Waals surface area (Å²) in [7, 11) is -3.69. The van der Waals surface area contributed by atoms with E-state index < -0.39 is 10.0 Å². The Balaban J connectivity index is 1.93. The molecule has 7 nitrogen and oxygen atoms in total. The minimum Gasteiger partial charge on any atom is -0.280 e. The van der Waals surface area contributed by atoms with Crippen molar-refractivity contribution in [3.05, 3.63) is 53.0 Å². The highest BCUT2D eigenvalue weighted by atomic mass is 79.9. The number of benzene rings is 2. The van der Waals surface area contributed by atoms with Gasteiger partial charge in [-0.1, -0.05) is 24.3 Å². The molecule has 9 heteroatoms. The molecule has 22 heavy (non-hydrogen) atoms. The molecular weight excluding hydrogens is 370 g/mol. The van der Waals surface area contributed by atoms with E-state index >= 15 is 0 Å². The van der Waals surface area contributed by atoms with Crippen LogP contribution in [-0.2, 0) is 10.0 Å². The number of halogens is 1. The maximum Gasteiger partial charge on any atom is 0.263 e. The minimum atomic E-state index is -3.69. The second kappa shape index (κ2) is 5.85. The highest BCUT2D eigenvalue weighted by Crippen LogP contribution is 2.25. The highest BCUT2D eigenvalue weighted by Gasteiger charge is 2.17. The van der Waals surface area contributed by atoms with Crippen molar-refractivity contribution in [1.82, 2.24) is 20.6 Å². The number of aromatic nitrogens is 4. The molecule has 0 saturated heterocycles. The molecule has 112 valence electrons. The number of hydrogen-bond acceptors (Lipinski definition) is 5. The molecule has 0 unspecified atom stereocenters. The molecule has 0 aliphatic heterocycles. The molecule has 2 N–H and O–H groups in total. The van der Waals surface area contributed by atoms with Crippen molar-refractivity contribution in [1.29, 1.82) is 0 Å². The summed E-state index contributed by atoms with van der Waals surface area (Å²) in [6.07, 6.45) is 0. The second-order valence-corrected chi connectivity index (χ2v) is 6.86. The van der Waals surface area contributed by atoms with Crippen molar-refractivity contribution in [2.75, 3.05) is 4.72 Å². The smallest absolute Gasteiger partial charge is 0.263 e. The second-order valence-electron chi connectivity index (χ2n) is 4.35. The maximum atomic E-state index is 12.4. The average molecular weight is 380 g/mol. The van der Waals surface area contributed by atoms with Crippen molar-refractivity contribution in [2.24, 2.45) is 0 Å². The van der Waals surface area contributed by atoms with Gasteiger partial charge in [0.2, 0.25) is 5.82 Å². The molecule has 0 amide bonds. The summed E-state index contributed by atoms with van der Waals surface area (Å²) in [5, 5.41) is 13.6. The zero-order valence-electron chi connectivity index (χ0n) is 11.1. The lowest BCUT2D eigenvalue weighted by Gasteiger charge is -2.10.